The quantitative estimate of drug-likeness (QED) is 0.604. The van der Waals surface area contributed by atoms with Crippen LogP contribution in [0.1, 0.15) is 92.9 Å². The average Bonchev–Trinajstić information content (AvgIpc) is 2.45. The van der Waals surface area contributed by atoms with Crippen LogP contribution in [0.25, 0.3) is 0 Å². The summed E-state index contributed by atoms with van der Waals surface area (Å²) in [4.78, 5) is 12.7. The highest BCUT2D eigenvalue weighted by Crippen LogP contribution is 2.69. The standard InChI is InChI=1S/C21H36O2/c1-7-18(3,4)17(22)23-19(5,6)21-12-15-9-16(13-21)11-20(8-2,10-15)14-21/h15-16H,7-14H2,1-6H3. The summed E-state index contributed by atoms with van der Waals surface area (Å²) < 4.78 is 6.23. The monoisotopic (exact) mass is 320 g/mol. The summed E-state index contributed by atoms with van der Waals surface area (Å²) in [5.41, 5.74) is 0.0390. The van der Waals surface area contributed by atoms with E-state index in [1.165, 1.54) is 44.9 Å². The van der Waals surface area contributed by atoms with E-state index < -0.39 is 0 Å². The maximum Gasteiger partial charge on any atom is 0.312 e. The van der Waals surface area contributed by atoms with Gasteiger partial charge >= 0.3 is 5.97 Å². The fraction of sp³-hybridized carbons (Fsp3) is 0.952. The summed E-state index contributed by atoms with van der Waals surface area (Å²) in [6.45, 7) is 12.9. The third-order valence-electron chi connectivity index (χ3n) is 7.99. The van der Waals surface area contributed by atoms with Crippen LogP contribution in [0.15, 0.2) is 0 Å². The maximum atomic E-state index is 12.7. The molecule has 0 aromatic rings. The lowest BCUT2D eigenvalue weighted by Crippen LogP contribution is -2.61. The summed E-state index contributed by atoms with van der Waals surface area (Å²) in [7, 11) is 0. The Morgan fingerprint density at radius 1 is 1.04 bits per heavy atom. The first-order valence-corrected chi connectivity index (χ1v) is 9.80. The Balaban J connectivity index is 1.86. The number of hydrogen-bond acceptors (Lipinski definition) is 2. The first-order valence-electron chi connectivity index (χ1n) is 9.80. The molecule has 0 heterocycles. The fourth-order valence-corrected chi connectivity index (χ4v) is 6.19. The van der Waals surface area contributed by atoms with Gasteiger partial charge in [-0.15, -0.1) is 0 Å². The molecule has 0 spiro atoms. The Morgan fingerprint density at radius 3 is 2.09 bits per heavy atom. The number of carbonyl (C=O) groups is 1. The SMILES string of the molecule is CCC12CC3CC(C1)CC(C(C)(C)OC(=O)C(C)(C)CC)(C3)C2. The van der Waals surface area contributed by atoms with E-state index in [1.54, 1.807) is 0 Å². The highest BCUT2D eigenvalue weighted by atomic mass is 16.6. The third-order valence-corrected chi connectivity index (χ3v) is 7.99. The van der Waals surface area contributed by atoms with Crippen molar-refractivity contribution in [1.29, 1.82) is 0 Å². The molecule has 2 heteroatoms. The molecule has 0 aromatic carbocycles. The van der Waals surface area contributed by atoms with Crippen LogP contribution < -0.4 is 0 Å². The smallest absolute Gasteiger partial charge is 0.312 e. The minimum atomic E-state index is -0.373. The van der Waals surface area contributed by atoms with Crippen LogP contribution in [-0.4, -0.2) is 11.6 Å². The van der Waals surface area contributed by atoms with Crippen LogP contribution in [0.5, 0.6) is 0 Å². The lowest BCUT2D eigenvalue weighted by atomic mass is 9.40. The Morgan fingerprint density at radius 2 is 1.61 bits per heavy atom. The molecule has 4 bridgehead atoms. The van der Waals surface area contributed by atoms with Crippen molar-refractivity contribution in [3.05, 3.63) is 0 Å². The molecular weight excluding hydrogens is 284 g/mol. The minimum Gasteiger partial charge on any atom is -0.459 e. The first-order chi connectivity index (χ1) is 10.6. The molecule has 0 radical (unpaired) electrons. The van der Waals surface area contributed by atoms with Crippen LogP contribution in [0, 0.1) is 28.1 Å². The number of hydrogen-bond donors (Lipinski definition) is 0. The molecule has 132 valence electrons. The number of esters is 1. The van der Waals surface area contributed by atoms with E-state index in [-0.39, 0.29) is 22.4 Å². The van der Waals surface area contributed by atoms with E-state index in [0.29, 0.717) is 5.41 Å². The van der Waals surface area contributed by atoms with Gasteiger partial charge in [0, 0.05) is 5.41 Å². The molecule has 0 aromatic heterocycles. The van der Waals surface area contributed by atoms with Gasteiger partial charge in [0.05, 0.1) is 5.41 Å². The van der Waals surface area contributed by atoms with Gasteiger partial charge in [-0.3, -0.25) is 4.79 Å². The summed E-state index contributed by atoms with van der Waals surface area (Å²) in [6, 6.07) is 0. The molecule has 4 saturated carbocycles. The maximum absolute atomic E-state index is 12.7. The second-order valence-corrected chi connectivity index (χ2v) is 10.2. The van der Waals surface area contributed by atoms with E-state index in [4.69, 9.17) is 4.74 Å². The number of carbonyl (C=O) groups excluding carboxylic acids is 1. The van der Waals surface area contributed by atoms with Gasteiger partial charge in [-0.2, -0.15) is 0 Å². The second-order valence-electron chi connectivity index (χ2n) is 10.2. The molecule has 4 fully saturated rings. The van der Waals surface area contributed by atoms with Crippen molar-refractivity contribution in [2.24, 2.45) is 28.1 Å². The highest BCUT2D eigenvalue weighted by Gasteiger charge is 2.63. The molecule has 2 nitrogen and oxygen atoms in total. The zero-order valence-corrected chi connectivity index (χ0v) is 16.1. The first kappa shape index (κ1) is 17.3. The van der Waals surface area contributed by atoms with Gasteiger partial charge in [0.2, 0.25) is 0 Å². The lowest BCUT2D eigenvalue weighted by Gasteiger charge is -2.66. The Labute approximate surface area is 142 Å². The van der Waals surface area contributed by atoms with Crippen LogP contribution >= 0.6 is 0 Å². The van der Waals surface area contributed by atoms with Crippen molar-refractivity contribution in [3.8, 4) is 0 Å². The van der Waals surface area contributed by atoms with Crippen molar-refractivity contribution in [2.75, 3.05) is 0 Å². The van der Waals surface area contributed by atoms with Crippen molar-refractivity contribution in [3.63, 3.8) is 0 Å². The van der Waals surface area contributed by atoms with Gasteiger partial charge in [0.1, 0.15) is 5.60 Å². The lowest BCUT2D eigenvalue weighted by molar-refractivity contribution is -0.220. The third kappa shape index (κ3) is 2.65. The average molecular weight is 321 g/mol. The normalized spacial score (nSPS) is 39.6. The molecule has 2 atom stereocenters. The zero-order chi connectivity index (χ0) is 17.1. The van der Waals surface area contributed by atoms with Gasteiger partial charge in [0.15, 0.2) is 0 Å². The van der Waals surface area contributed by atoms with Crippen molar-refractivity contribution < 1.29 is 9.53 Å². The molecular formula is C21H36O2. The van der Waals surface area contributed by atoms with E-state index in [9.17, 15) is 4.79 Å². The predicted octanol–water partition coefficient (Wildman–Crippen LogP) is 5.74. The van der Waals surface area contributed by atoms with E-state index in [0.717, 1.165) is 18.3 Å². The molecule has 4 aliphatic rings. The van der Waals surface area contributed by atoms with Crippen molar-refractivity contribution >= 4 is 5.97 Å². The Bertz CT molecular complexity index is 474. The van der Waals surface area contributed by atoms with Crippen LogP contribution in [0.2, 0.25) is 0 Å². The van der Waals surface area contributed by atoms with Crippen LogP contribution in [0.4, 0.5) is 0 Å². The van der Waals surface area contributed by atoms with Gasteiger partial charge in [-0.25, -0.2) is 0 Å². The fourth-order valence-electron chi connectivity index (χ4n) is 6.19. The van der Waals surface area contributed by atoms with Crippen molar-refractivity contribution in [1.82, 2.24) is 0 Å². The molecule has 23 heavy (non-hydrogen) atoms. The van der Waals surface area contributed by atoms with Crippen LogP contribution in [-0.2, 0) is 9.53 Å². The number of rotatable bonds is 5. The summed E-state index contributed by atoms with van der Waals surface area (Å²) in [5, 5.41) is 0. The molecule has 0 amide bonds. The second kappa shape index (κ2) is 5.23. The topological polar surface area (TPSA) is 26.3 Å². The Kier molecular flexibility index (Phi) is 3.93. The largest absolute Gasteiger partial charge is 0.459 e. The molecule has 4 rings (SSSR count). The van der Waals surface area contributed by atoms with Gasteiger partial charge < -0.3 is 4.74 Å². The summed E-state index contributed by atoms with van der Waals surface area (Å²) in [6.07, 6.45) is 10.2. The minimum absolute atomic E-state index is 0.00806. The van der Waals surface area contributed by atoms with Crippen LogP contribution in [0.3, 0.4) is 0 Å². The van der Waals surface area contributed by atoms with Gasteiger partial charge in [-0.05, 0) is 89.9 Å². The zero-order valence-electron chi connectivity index (χ0n) is 16.1. The molecule has 0 N–H and O–H groups in total. The Hall–Kier alpha value is -0.530. The molecule has 0 saturated heterocycles. The molecule has 0 aliphatic heterocycles. The number of ether oxygens (including phenoxy) is 1. The van der Waals surface area contributed by atoms with E-state index >= 15 is 0 Å². The van der Waals surface area contributed by atoms with Crippen molar-refractivity contribution in [2.45, 2.75) is 98.5 Å². The molecule has 2 unspecified atom stereocenters. The van der Waals surface area contributed by atoms with E-state index in [2.05, 4.69) is 27.7 Å². The van der Waals surface area contributed by atoms with Gasteiger partial charge in [-0.1, -0.05) is 20.3 Å². The predicted molar refractivity (Wildman–Crippen MR) is 94.1 cm³/mol. The van der Waals surface area contributed by atoms with E-state index in [1.807, 2.05) is 13.8 Å². The van der Waals surface area contributed by atoms with Gasteiger partial charge in [0.25, 0.3) is 0 Å². The highest BCUT2D eigenvalue weighted by molar-refractivity contribution is 5.76. The summed E-state index contributed by atoms with van der Waals surface area (Å²) >= 11 is 0. The summed E-state index contributed by atoms with van der Waals surface area (Å²) in [5.74, 6) is 1.73. The molecule has 4 aliphatic carbocycles.